The lowest BCUT2D eigenvalue weighted by atomic mass is 10.0. The number of hydrogen-bond donors (Lipinski definition) is 1. The third-order valence-corrected chi connectivity index (χ3v) is 4.11. The molecule has 0 bridgehead atoms. The lowest BCUT2D eigenvalue weighted by Crippen LogP contribution is -2.03. The Kier molecular flexibility index (Phi) is 2.26. The molecule has 0 saturated heterocycles. The van der Waals surface area contributed by atoms with Crippen LogP contribution in [0.5, 0.6) is 0 Å². The number of rotatable bonds is 3. The molecule has 2 N–H and O–H groups in total. The summed E-state index contributed by atoms with van der Waals surface area (Å²) in [6.45, 7) is 0.749. The molecule has 78 valence electrons. The SMILES string of the molecule is NCCc1cccc2scc(C3CC3)c12. The van der Waals surface area contributed by atoms with E-state index in [1.807, 2.05) is 11.3 Å². The summed E-state index contributed by atoms with van der Waals surface area (Å²) in [7, 11) is 0. The number of thiophene rings is 1. The molecule has 0 spiro atoms. The molecule has 0 atom stereocenters. The maximum Gasteiger partial charge on any atom is 0.0348 e. The molecule has 1 aliphatic rings. The highest BCUT2D eigenvalue weighted by Crippen LogP contribution is 2.46. The van der Waals surface area contributed by atoms with Crippen molar-refractivity contribution in [2.75, 3.05) is 6.54 Å². The van der Waals surface area contributed by atoms with Gasteiger partial charge in [0, 0.05) is 4.70 Å². The van der Waals surface area contributed by atoms with Crippen molar-refractivity contribution in [1.82, 2.24) is 0 Å². The van der Waals surface area contributed by atoms with Crippen molar-refractivity contribution < 1.29 is 0 Å². The molecule has 2 aromatic rings. The summed E-state index contributed by atoms with van der Waals surface area (Å²) >= 11 is 1.88. The van der Waals surface area contributed by atoms with Gasteiger partial charge in [-0.2, -0.15) is 0 Å². The Morgan fingerprint density at radius 2 is 2.20 bits per heavy atom. The maximum absolute atomic E-state index is 5.67. The molecule has 1 saturated carbocycles. The normalized spacial score (nSPS) is 16.1. The summed E-state index contributed by atoms with van der Waals surface area (Å²) in [6.07, 6.45) is 3.76. The number of hydrogen-bond acceptors (Lipinski definition) is 2. The van der Waals surface area contributed by atoms with Crippen LogP contribution in [-0.4, -0.2) is 6.54 Å². The molecule has 1 aromatic heterocycles. The first-order valence-electron chi connectivity index (χ1n) is 5.59. The summed E-state index contributed by atoms with van der Waals surface area (Å²) in [5.41, 5.74) is 8.69. The first kappa shape index (κ1) is 9.37. The smallest absolute Gasteiger partial charge is 0.0348 e. The van der Waals surface area contributed by atoms with E-state index in [9.17, 15) is 0 Å². The van der Waals surface area contributed by atoms with E-state index < -0.39 is 0 Å². The summed E-state index contributed by atoms with van der Waals surface area (Å²) in [5.74, 6) is 0.845. The van der Waals surface area contributed by atoms with E-state index >= 15 is 0 Å². The van der Waals surface area contributed by atoms with Crippen LogP contribution in [0.4, 0.5) is 0 Å². The molecule has 0 unspecified atom stereocenters. The van der Waals surface area contributed by atoms with Gasteiger partial charge >= 0.3 is 0 Å². The van der Waals surface area contributed by atoms with Crippen molar-refractivity contribution >= 4 is 21.4 Å². The van der Waals surface area contributed by atoms with Crippen LogP contribution in [0.25, 0.3) is 10.1 Å². The van der Waals surface area contributed by atoms with Crippen molar-refractivity contribution in [3.63, 3.8) is 0 Å². The molecule has 1 aromatic carbocycles. The summed E-state index contributed by atoms with van der Waals surface area (Å²) in [5, 5.41) is 3.86. The van der Waals surface area contributed by atoms with Gasteiger partial charge in [0.15, 0.2) is 0 Å². The Balaban J connectivity index is 2.19. The van der Waals surface area contributed by atoms with Gasteiger partial charge in [0.25, 0.3) is 0 Å². The van der Waals surface area contributed by atoms with Crippen molar-refractivity contribution in [1.29, 1.82) is 0 Å². The fourth-order valence-electron chi connectivity index (χ4n) is 2.25. The van der Waals surface area contributed by atoms with Crippen LogP contribution in [0.3, 0.4) is 0 Å². The quantitative estimate of drug-likeness (QED) is 0.839. The Labute approximate surface area is 93.9 Å². The van der Waals surface area contributed by atoms with Gasteiger partial charge in [0.05, 0.1) is 0 Å². The van der Waals surface area contributed by atoms with E-state index in [1.54, 1.807) is 5.56 Å². The predicted molar refractivity (Wildman–Crippen MR) is 66.6 cm³/mol. The summed E-state index contributed by atoms with van der Waals surface area (Å²) in [6, 6.07) is 6.61. The minimum Gasteiger partial charge on any atom is -0.330 e. The zero-order valence-electron chi connectivity index (χ0n) is 8.70. The topological polar surface area (TPSA) is 26.0 Å². The van der Waals surface area contributed by atoms with Gasteiger partial charge < -0.3 is 5.73 Å². The highest BCUT2D eigenvalue weighted by molar-refractivity contribution is 7.17. The molecule has 15 heavy (non-hydrogen) atoms. The molecule has 0 radical (unpaired) electrons. The Bertz CT molecular complexity index is 482. The fourth-order valence-corrected chi connectivity index (χ4v) is 3.34. The van der Waals surface area contributed by atoms with Crippen molar-refractivity contribution in [2.24, 2.45) is 5.73 Å². The Morgan fingerprint density at radius 1 is 1.33 bits per heavy atom. The summed E-state index contributed by atoms with van der Waals surface area (Å²) in [4.78, 5) is 0. The van der Waals surface area contributed by atoms with E-state index in [-0.39, 0.29) is 0 Å². The van der Waals surface area contributed by atoms with E-state index in [1.165, 1.54) is 28.5 Å². The molecule has 1 nitrogen and oxygen atoms in total. The molecule has 2 heteroatoms. The third kappa shape index (κ3) is 1.58. The number of benzene rings is 1. The second kappa shape index (κ2) is 3.62. The van der Waals surface area contributed by atoms with Gasteiger partial charge in [0.2, 0.25) is 0 Å². The average molecular weight is 217 g/mol. The molecule has 0 amide bonds. The van der Waals surface area contributed by atoms with E-state index in [4.69, 9.17) is 5.73 Å². The molecule has 0 aliphatic heterocycles. The first-order valence-corrected chi connectivity index (χ1v) is 6.47. The van der Waals surface area contributed by atoms with Crippen LogP contribution in [0, 0.1) is 0 Å². The molecule has 1 fully saturated rings. The lowest BCUT2D eigenvalue weighted by Gasteiger charge is -2.04. The highest BCUT2D eigenvalue weighted by atomic mass is 32.1. The standard InChI is InChI=1S/C13H15NS/c14-7-6-10-2-1-3-12-13(10)11(8-15-12)9-4-5-9/h1-3,8-9H,4-7,14H2. The number of fused-ring (bicyclic) bond motifs is 1. The molecule has 3 rings (SSSR count). The lowest BCUT2D eigenvalue weighted by molar-refractivity contribution is 0.975. The minimum atomic E-state index is 0.749. The van der Waals surface area contributed by atoms with Crippen LogP contribution in [0.15, 0.2) is 23.6 Å². The predicted octanol–water partition coefficient (Wildman–Crippen LogP) is 3.28. The Hall–Kier alpha value is -0.860. The zero-order valence-corrected chi connectivity index (χ0v) is 9.52. The largest absolute Gasteiger partial charge is 0.330 e. The average Bonchev–Trinajstić information content (AvgIpc) is 3.00. The maximum atomic E-state index is 5.67. The van der Waals surface area contributed by atoms with Crippen LogP contribution in [-0.2, 0) is 6.42 Å². The van der Waals surface area contributed by atoms with Gasteiger partial charge in [0.1, 0.15) is 0 Å². The van der Waals surface area contributed by atoms with Gasteiger partial charge in [-0.25, -0.2) is 0 Å². The highest BCUT2D eigenvalue weighted by Gasteiger charge is 2.26. The first-order chi connectivity index (χ1) is 7.40. The molecule has 1 heterocycles. The van der Waals surface area contributed by atoms with Crippen LogP contribution in [0.1, 0.15) is 29.9 Å². The Morgan fingerprint density at radius 3 is 2.93 bits per heavy atom. The number of nitrogens with two attached hydrogens (primary N) is 1. The van der Waals surface area contributed by atoms with E-state index in [0.717, 1.165) is 18.9 Å². The zero-order chi connectivity index (χ0) is 10.3. The van der Waals surface area contributed by atoms with Crippen molar-refractivity contribution in [3.05, 3.63) is 34.7 Å². The van der Waals surface area contributed by atoms with Crippen LogP contribution >= 0.6 is 11.3 Å². The second-order valence-electron chi connectivity index (χ2n) is 4.29. The molecule has 1 aliphatic carbocycles. The van der Waals surface area contributed by atoms with Gasteiger partial charge in [-0.3, -0.25) is 0 Å². The van der Waals surface area contributed by atoms with Crippen LogP contribution in [0.2, 0.25) is 0 Å². The van der Waals surface area contributed by atoms with Gasteiger partial charge in [-0.1, -0.05) is 12.1 Å². The third-order valence-electron chi connectivity index (χ3n) is 3.14. The molecular weight excluding hydrogens is 202 g/mol. The van der Waals surface area contributed by atoms with Gasteiger partial charge in [-0.15, -0.1) is 11.3 Å². The minimum absolute atomic E-state index is 0.749. The monoisotopic (exact) mass is 217 g/mol. The van der Waals surface area contributed by atoms with E-state index in [2.05, 4.69) is 23.6 Å². The molecular formula is C13H15NS. The van der Waals surface area contributed by atoms with Crippen LogP contribution < -0.4 is 5.73 Å². The van der Waals surface area contributed by atoms with E-state index in [0.29, 0.717) is 0 Å². The van der Waals surface area contributed by atoms with Crippen molar-refractivity contribution in [2.45, 2.75) is 25.2 Å². The summed E-state index contributed by atoms with van der Waals surface area (Å²) < 4.78 is 1.43. The second-order valence-corrected chi connectivity index (χ2v) is 5.21. The van der Waals surface area contributed by atoms with Gasteiger partial charge in [-0.05, 0) is 59.7 Å². The van der Waals surface area contributed by atoms with Crippen molar-refractivity contribution in [3.8, 4) is 0 Å². The fraction of sp³-hybridized carbons (Fsp3) is 0.385.